The van der Waals surface area contributed by atoms with Gasteiger partial charge in [-0.05, 0) is 23.8 Å². The summed E-state index contributed by atoms with van der Waals surface area (Å²) in [5, 5.41) is 2.42. The quantitative estimate of drug-likeness (QED) is 0.885. The van der Waals surface area contributed by atoms with Gasteiger partial charge in [0.15, 0.2) is 0 Å². The Hall–Kier alpha value is -2.48. The second-order valence-corrected chi connectivity index (χ2v) is 4.71. The third kappa shape index (κ3) is 4.04. The minimum Gasteiger partial charge on any atom is -0.497 e. The molecular weight excluding hydrogens is 313 g/mol. The van der Waals surface area contributed by atoms with E-state index >= 15 is 0 Å². The molecule has 0 saturated heterocycles. The van der Waals surface area contributed by atoms with Crippen LogP contribution >= 0.6 is 0 Å². The van der Waals surface area contributed by atoms with Crippen molar-refractivity contribution < 1.29 is 27.1 Å². The Morgan fingerprint density at radius 3 is 2.65 bits per heavy atom. The topological polar surface area (TPSA) is 77.5 Å². The average molecular weight is 328 g/mol. The van der Waals surface area contributed by atoms with Gasteiger partial charge in [0, 0.05) is 6.54 Å². The van der Waals surface area contributed by atoms with Gasteiger partial charge in [-0.15, -0.1) is 0 Å². The number of nitrogens with one attached hydrogen (secondary N) is 1. The summed E-state index contributed by atoms with van der Waals surface area (Å²) in [4.78, 5) is 11.9. The van der Waals surface area contributed by atoms with Crippen LogP contribution < -0.4 is 15.8 Å². The zero-order chi connectivity index (χ0) is 17.0. The highest BCUT2D eigenvalue weighted by Crippen LogP contribution is 2.34. The fraction of sp³-hybridized carbons (Fsp3) is 0.267. The Labute approximate surface area is 130 Å². The van der Waals surface area contributed by atoms with E-state index in [2.05, 4.69) is 5.32 Å². The molecule has 1 amide bonds. The van der Waals surface area contributed by atoms with E-state index in [4.69, 9.17) is 14.9 Å². The van der Waals surface area contributed by atoms with E-state index in [0.717, 1.165) is 6.07 Å². The maximum Gasteiger partial charge on any atom is 0.416 e. The van der Waals surface area contributed by atoms with Crippen LogP contribution in [0.1, 0.15) is 27.2 Å². The smallest absolute Gasteiger partial charge is 0.416 e. The molecule has 0 bridgehead atoms. The van der Waals surface area contributed by atoms with Crippen LogP contribution in [0.5, 0.6) is 5.75 Å². The number of furan rings is 1. The molecule has 1 aromatic heterocycles. The first kappa shape index (κ1) is 16.9. The van der Waals surface area contributed by atoms with Crippen LogP contribution in [0.25, 0.3) is 0 Å². The van der Waals surface area contributed by atoms with Gasteiger partial charge in [0.2, 0.25) is 0 Å². The summed E-state index contributed by atoms with van der Waals surface area (Å²) in [7, 11) is 1.28. The number of nitrogens with two attached hydrogens (primary N) is 1. The summed E-state index contributed by atoms with van der Waals surface area (Å²) in [5.41, 5.74) is 4.65. The number of ether oxygens (including phenoxy) is 1. The van der Waals surface area contributed by atoms with E-state index in [-0.39, 0.29) is 30.0 Å². The first-order valence-corrected chi connectivity index (χ1v) is 6.65. The van der Waals surface area contributed by atoms with Gasteiger partial charge in [-0.2, -0.15) is 13.2 Å². The van der Waals surface area contributed by atoms with Crippen molar-refractivity contribution in [2.75, 3.05) is 7.11 Å². The molecule has 1 aromatic carbocycles. The van der Waals surface area contributed by atoms with E-state index in [1.165, 1.54) is 31.6 Å². The number of halogens is 3. The summed E-state index contributed by atoms with van der Waals surface area (Å²) in [6.07, 6.45) is -3.34. The number of rotatable bonds is 5. The van der Waals surface area contributed by atoms with Crippen LogP contribution in [-0.4, -0.2) is 13.0 Å². The zero-order valence-electron chi connectivity index (χ0n) is 12.2. The van der Waals surface area contributed by atoms with Crippen molar-refractivity contribution in [2.24, 2.45) is 5.73 Å². The largest absolute Gasteiger partial charge is 0.497 e. The molecule has 2 aromatic rings. The highest BCUT2D eigenvalue weighted by molar-refractivity contribution is 5.93. The number of carbonyl (C=O) groups excluding carboxylic acids is 1. The lowest BCUT2D eigenvalue weighted by Crippen LogP contribution is -2.24. The molecule has 3 N–H and O–H groups in total. The second-order valence-electron chi connectivity index (χ2n) is 4.71. The van der Waals surface area contributed by atoms with Gasteiger partial charge in [0.05, 0.1) is 24.8 Å². The van der Waals surface area contributed by atoms with E-state index < -0.39 is 17.6 Å². The molecule has 23 heavy (non-hydrogen) atoms. The van der Waals surface area contributed by atoms with Crippen molar-refractivity contribution in [3.05, 3.63) is 53.0 Å². The van der Waals surface area contributed by atoms with Crippen molar-refractivity contribution in [3.8, 4) is 5.75 Å². The van der Waals surface area contributed by atoms with Crippen molar-refractivity contribution in [1.29, 1.82) is 0 Å². The molecular formula is C15H15F3N2O3. The number of hydrogen-bond acceptors (Lipinski definition) is 4. The van der Waals surface area contributed by atoms with Crippen molar-refractivity contribution >= 4 is 5.91 Å². The van der Waals surface area contributed by atoms with Crippen LogP contribution in [0.15, 0.2) is 34.9 Å². The van der Waals surface area contributed by atoms with E-state index in [9.17, 15) is 18.0 Å². The molecule has 124 valence electrons. The van der Waals surface area contributed by atoms with Crippen LogP contribution in [-0.2, 0) is 19.3 Å². The Morgan fingerprint density at radius 2 is 2.09 bits per heavy atom. The highest BCUT2D eigenvalue weighted by atomic mass is 19.4. The number of hydrogen-bond donors (Lipinski definition) is 2. The van der Waals surface area contributed by atoms with E-state index in [1.54, 1.807) is 0 Å². The molecule has 0 radical (unpaired) electrons. The molecule has 0 spiro atoms. The minimum absolute atomic E-state index is 0.0609. The summed E-state index contributed by atoms with van der Waals surface area (Å²) in [5.74, 6) is -0.0391. The molecule has 0 atom stereocenters. The lowest BCUT2D eigenvalue weighted by molar-refractivity contribution is -0.138. The molecule has 0 saturated carbocycles. The van der Waals surface area contributed by atoms with Crippen LogP contribution in [0.2, 0.25) is 0 Å². The van der Waals surface area contributed by atoms with Gasteiger partial charge >= 0.3 is 6.18 Å². The standard InChI is InChI=1S/C15H15F3N2O3/c1-22-11-3-2-9(13(5-11)15(16,17)18)7-20-14(21)10-4-12(6-19)23-8-10/h2-5,8H,6-7,19H2,1H3,(H,20,21). The molecule has 5 nitrogen and oxygen atoms in total. The molecule has 0 unspecified atom stereocenters. The van der Waals surface area contributed by atoms with E-state index in [1.807, 2.05) is 0 Å². The number of benzene rings is 1. The third-order valence-electron chi connectivity index (χ3n) is 3.18. The molecule has 2 rings (SSSR count). The highest BCUT2D eigenvalue weighted by Gasteiger charge is 2.33. The lowest BCUT2D eigenvalue weighted by atomic mass is 10.1. The predicted octanol–water partition coefficient (Wildman–Crippen LogP) is 2.70. The number of carbonyl (C=O) groups is 1. The fourth-order valence-corrected chi connectivity index (χ4v) is 1.98. The second kappa shape index (κ2) is 6.74. The number of amides is 1. The maximum atomic E-state index is 13.1. The first-order chi connectivity index (χ1) is 10.8. The minimum atomic E-state index is -4.54. The Kier molecular flexibility index (Phi) is 4.95. The monoisotopic (exact) mass is 328 g/mol. The molecule has 1 heterocycles. The predicted molar refractivity (Wildman–Crippen MR) is 75.8 cm³/mol. The molecule has 0 aliphatic heterocycles. The Bertz CT molecular complexity index is 696. The van der Waals surface area contributed by atoms with Gasteiger partial charge in [0.25, 0.3) is 5.91 Å². The fourth-order valence-electron chi connectivity index (χ4n) is 1.98. The Morgan fingerprint density at radius 1 is 1.35 bits per heavy atom. The number of methoxy groups -OCH3 is 1. The van der Waals surface area contributed by atoms with Gasteiger partial charge in [-0.1, -0.05) is 6.07 Å². The summed E-state index contributed by atoms with van der Waals surface area (Å²) in [6.45, 7) is -0.148. The van der Waals surface area contributed by atoms with Gasteiger partial charge in [-0.25, -0.2) is 0 Å². The maximum absolute atomic E-state index is 13.1. The van der Waals surface area contributed by atoms with Gasteiger partial charge in [0.1, 0.15) is 17.8 Å². The molecule has 8 heteroatoms. The van der Waals surface area contributed by atoms with E-state index in [0.29, 0.717) is 5.76 Å². The lowest BCUT2D eigenvalue weighted by Gasteiger charge is -2.14. The van der Waals surface area contributed by atoms with Crippen LogP contribution in [0.3, 0.4) is 0 Å². The van der Waals surface area contributed by atoms with Crippen LogP contribution in [0.4, 0.5) is 13.2 Å². The summed E-state index contributed by atoms with van der Waals surface area (Å²) < 4.78 is 49.0. The third-order valence-corrected chi connectivity index (χ3v) is 3.18. The van der Waals surface area contributed by atoms with Gasteiger partial charge in [-0.3, -0.25) is 4.79 Å². The van der Waals surface area contributed by atoms with Gasteiger partial charge < -0.3 is 20.2 Å². The summed E-state index contributed by atoms with van der Waals surface area (Å²) >= 11 is 0. The number of alkyl halides is 3. The average Bonchev–Trinajstić information content (AvgIpc) is 3.00. The first-order valence-electron chi connectivity index (χ1n) is 6.65. The molecule has 0 fully saturated rings. The van der Waals surface area contributed by atoms with Crippen molar-refractivity contribution in [1.82, 2.24) is 5.32 Å². The molecule has 0 aliphatic rings. The summed E-state index contributed by atoms with van der Waals surface area (Å²) in [6, 6.07) is 5.00. The molecule has 0 aliphatic carbocycles. The normalized spacial score (nSPS) is 11.3. The van der Waals surface area contributed by atoms with Crippen molar-refractivity contribution in [3.63, 3.8) is 0 Å². The van der Waals surface area contributed by atoms with Crippen LogP contribution in [0, 0.1) is 0 Å². The Balaban J connectivity index is 2.15. The zero-order valence-corrected chi connectivity index (χ0v) is 12.2. The van der Waals surface area contributed by atoms with Crippen molar-refractivity contribution in [2.45, 2.75) is 19.3 Å². The SMILES string of the molecule is COc1ccc(CNC(=O)c2coc(CN)c2)c(C(F)(F)F)c1.